The number of benzene rings is 1. The van der Waals surface area contributed by atoms with E-state index in [2.05, 4.69) is 36.6 Å². The second-order valence-electron chi connectivity index (χ2n) is 6.31. The van der Waals surface area contributed by atoms with E-state index >= 15 is 0 Å². The fraction of sp³-hybridized carbons (Fsp3) is 0.611. The molecule has 3 nitrogen and oxygen atoms in total. The lowest BCUT2D eigenvalue weighted by atomic mass is 10.0. The van der Waals surface area contributed by atoms with E-state index in [1.54, 1.807) is 0 Å². The molecule has 0 aliphatic carbocycles. The zero-order chi connectivity index (χ0) is 15.4. The molecule has 1 aliphatic heterocycles. The molecule has 1 fully saturated rings. The standard InChI is InChI=1S/C18H28N2O/c1-5-16(4)20-10-8-19(9-11-20)13-18(21)17-7-6-14(2)12-15(17)3/h6-7,12,16H,5,8-11,13H2,1-4H3. The number of carbonyl (C=O) groups excluding carboxylic acids is 1. The number of ketones is 1. The number of piperazine rings is 1. The minimum absolute atomic E-state index is 0.254. The molecule has 0 bridgehead atoms. The third-order valence-corrected chi connectivity index (χ3v) is 4.67. The predicted molar refractivity (Wildman–Crippen MR) is 88.0 cm³/mol. The van der Waals surface area contributed by atoms with Gasteiger partial charge in [0.1, 0.15) is 0 Å². The highest BCUT2D eigenvalue weighted by molar-refractivity contribution is 5.98. The molecule has 1 saturated heterocycles. The lowest BCUT2D eigenvalue weighted by Crippen LogP contribution is -2.50. The highest BCUT2D eigenvalue weighted by atomic mass is 16.1. The molecular weight excluding hydrogens is 260 g/mol. The summed E-state index contributed by atoms with van der Waals surface area (Å²) in [5, 5.41) is 0. The van der Waals surface area contributed by atoms with Gasteiger partial charge in [-0.15, -0.1) is 0 Å². The van der Waals surface area contributed by atoms with Crippen LogP contribution in [0.5, 0.6) is 0 Å². The van der Waals surface area contributed by atoms with Gasteiger partial charge in [-0.05, 0) is 32.8 Å². The van der Waals surface area contributed by atoms with Crippen molar-refractivity contribution < 1.29 is 4.79 Å². The minimum atomic E-state index is 0.254. The Hall–Kier alpha value is -1.19. The number of rotatable bonds is 5. The van der Waals surface area contributed by atoms with Crippen LogP contribution in [0.1, 0.15) is 41.8 Å². The van der Waals surface area contributed by atoms with Gasteiger partial charge in [0.2, 0.25) is 0 Å². The van der Waals surface area contributed by atoms with Crippen LogP contribution in [0.25, 0.3) is 0 Å². The van der Waals surface area contributed by atoms with Gasteiger partial charge in [-0.25, -0.2) is 0 Å². The molecule has 0 radical (unpaired) electrons. The summed E-state index contributed by atoms with van der Waals surface area (Å²) in [5.74, 6) is 0.254. The molecule has 0 N–H and O–H groups in total. The van der Waals surface area contributed by atoms with E-state index < -0.39 is 0 Å². The first kappa shape index (κ1) is 16.2. The monoisotopic (exact) mass is 288 g/mol. The first-order chi connectivity index (χ1) is 10.0. The Kier molecular flexibility index (Phi) is 5.54. The zero-order valence-corrected chi connectivity index (χ0v) is 13.9. The Morgan fingerprint density at radius 1 is 1.19 bits per heavy atom. The van der Waals surface area contributed by atoms with E-state index in [0.29, 0.717) is 12.6 Å². The van der Waals surface area contributed by atoms with E-state index in [-0.39, 0.29) is 5.78 Å². The summed E-state index contributed by atoms with van der Waals surface area (Å²) in [6.07, 6.45) is 1.20. The van der Waals surface area contributed by atoms with Crippen LogP contribution in [-0.4, -0.2) is 54.3 Å². The van der Waals surface area contributed by atoms with Crippen LogP contribution in [0.3, 0.4) is 0 Å². The van der Waals surface area contributed by atoms with Crippen molar-refractivity contribution in [3.8, 4) is 0 Å². The van der Waals surface area contributed by atoms with Crippen LogP contribution < -0.4 is 0 Å². The van der Waals surface area contributed by atoms with Crippen molar-refractivity contribution in [1.82, 2.24) is 9.80 Å². The maximum atomic E-state index is 12.5. The molecule has 1 aromatic rings. The maximum Gasteiger partial charge on any atom is 0.177 e. The molecule has 1 aromatic carbocycles. The highest BCUT2D eigenvalue weighted by Crippen LogP contribution is 2.13. The summed E-state index contributed by atoms with van der Waals surface area (Å²) in [6, 6.07) is 6.75. The van der Waals surface area contributed by atoms with Crippen molar-refractivity contribution in [1.29, 1.82) is 0 Å². The molecule has 1 heterocycles. The van der Waals surface area contributed by atoms with Gasteiger partial charge < -0.3 is 0 Å². The normalized spacial score (nSPS) is 18.7. The second-order valence-corrected chi connectivity index (χ2v) is 6.31. The van der Waals surface area contributed by atoms with E-state index in [1.807, 2.05) is 19.1 Å². The van der Waals surface area contributed by atoms with Crippen LogP contribution in [0.2, 0.25) is 0 Å². The number of aryl methyl sites for hydroxylation is 2. The lowest BCUT2D eigenvalue weighted by Gasteiger charge is -2.37. The van der Waals surface area contributed by atoms with Gasteiger partial charge in [0.05, 0.1) is 6.54 Å². The molecule has 116 valence electrons. The van der Waals surface area contributed by atoms with Gasteiger partial charge in [-0.2, -0.15) is 0 Å². The lowest BCUT2D eigenvalue weighted by molar-refractivity contribution is 0.0784. The van der Waals surface area contributed by atoms with Crippen LogP contribution in [0, 0.1) is 13.8 Å². The van der Waals surface area contributed by atoms with Crippen LogP contribution in [0.4, 0.5) is 0 Å². The van der Waals surface area contributed by atoms with E-state index in [1.165, 1.54) is 12.0 Å². The second kappa shape index (κ2) is 7.19. The number of nitrogens with zero attached hydrogens (tertiary/aromatic N) is 2. The largest absolute Gasteiger partial charge is 0.298 e. The molecule has 0 spiro atoms. The number of carbonyl (C=O) groups is 1. The molecule has 1 unspecified atom stereocenters. The molecule has 2 rings (SSSR count). The molecule has 0 amide bonds. The maximum absolute atomic E-state index is 12.5. The zero-order valence-electron chi connectivity index (χ0n) is 13.9. The van der Waals surface area contributed by atoms with Crippen LogP contribution >= 0.6 is 0 Å². The molecular formula is C18H28N2O. The average molecular weight is 288 g/mol. The minimum Gasteiger partial charge on any atom is -0.298 e. The summed E-state index contributed by atoms with van der Waals surface area (Å²) in [7, 11) is 0. The summed E-state index contributed by atoms with van der Waals surface area (Å²) in [5.41, 5.74) is 3.19. The Labute approximate surface area is 128 Å². The molecule has 0 aromatic heterocycles. The SMILES string of the molecule is CCC(C)N1CCN(CC(=O)c2ccc(C)cc2C)CC1. The van der Waals surface area contributed by atoms with E-state index in [9.17, 15) is 4.79 Å². The molecule has 1 aliphatic rings. The molecule has 1 atom stereocenters. The van der Waals surface area contributed by atoms with Gasteiger partial charge in [0.25, 0.3) is 0 Å². The van der Waals surface area contributed by atoms with Gasteiger partial charge >= 0.3 is 0 Å². The number of Topliss-reactive ketones (excluding diaryl/α,β-unsaturated/α-hetero) is 1. The van der Waals surface area contributed by atoms with Crippen LogP contribution in [-0.2, 0) is 0 Å². The fourth-order valence-electron chi connectivity index (χ4n) is 3.04. The van der Waals surface area contributed by atoms with Crippen molar-refractivity contribution in [2.45, 2.75) is 40.2 Å². The van der Waals surface area contributed by atoms with Crippen molar-refractivity contribution in [2.24, 2.45) is 0 Å². The number of hydrogen-bond acceptors (Lipinski definition) is 3. The highest BCUT2D eigenvalue weighted by Gasteiger charge is 2.22. The number of hydrogen-bond donors (Lipinski definition) is 0. The summed E-state index contributed by atoms with van der Waals surface area (Å²) >= 11 is 0. The van der Waals surface area contributed by atoms with Crippen LogP contribution in [0.15, 0.2) is 18.2 Å². The van der Waals surface area contributed by atoms with E-state index in [0.717, 1.165) is 37.3 Å². The fourth-order valence-corrected chi connectivity index (χ4v) is 3.04. The Balaban J connectivity index is 1.90. The Morgan fingerprint density at radius 2 is 1.86 bits per heavy atom. The molecule has 21 heavy (non-hydrogen) atoms. The third-order valence-electron chi connectivity index (χ3n) is 4.67. The molecule has 3 heteroatoms. The summed E-state index contributed by atoms with van der Waals surface area (Å²) in [6.45, 7) is 13.3. The van der Waals surface area contributed by atoms with Gasteiger partial charge in [0, 0.05) is 37.8 Å². The summed E-state index contributed by atoms with van der Waals surface area (Å²) in [4.78, 5) is 17.3. The van der Waals surface area contributed by atoms with Gasteiger partial charge in [-0.1, -0.05) is 30.7 Å². The Morgan fingerprint density at radius 3 is 2.43 bits per heavy atom. The van der Waals surface area contributed by atoms with Gasteiger partial charge in [0.15, 0.2) is 5.78 Å². The predicted octanol–water partition coefficient (Wildman–Crippen LogP) is 2.90. The quantitative estimate of drug-likeness (QED) is 0.778. The molecule has 0 saturated carbocycles. The van der Waals surface area contributed by atoms with Crippen molar-refractivity contribution >= 4 is 5.78 Å². The van der Waals surface area contributed by atoms with Crippen molar-refractivity contribution in [3.05, 3.63) is 34.9 Å². The van der Waals surface area contributed by atoms with Crippen molar-refractivity contribution in [3.63, 3.8) is 0 Å². The smallest absolute Gasteiger partial charge is 0.177 e. The van der Waals surface area contributed by atoms with Crippen molar-refractivity contribution in [2.75, 3.05) is 32.7 Å². The van der Waals surface area contributed by atoms with E-state index in [4.69, 9.17) is 0 Å². The first-order valence-electron chi connectivity index (χ1n) is 8.08. The average Bonchev–Trinajstić information content (AvgIpc) is 2.47. The van der Waals surface area contributed by atoms with Gasteiger partial charge in [-0.3, -0.25) is 14.6 Å². The summed E-state index contributed by atoms with van der Waals surface area (Å²) < 4.78 is 0. The third kappa shape index (κ3) is 4.14. The first-order valence-corrected chi connectivity index (χ1v) is 8.08. The topological polar surface area (TPSA) is 23.6 Å². The Bertz CT molecular complexity index is 490.